The van der Waals surface area contributed by atoms with E-state index in [0.717, 1.165) is 66.0 Å². The summed E-state index contributed by atoms with van der Waals surface area (Å²) in [4.78, 5) is 9.64. The molecule has 262 valence electrons. The zero-order valence-corrected chi connectivity index (χ0v) is 30.3. The number of fused-ring (bicyclic) bond motifs is 9. The van der Waals surface area contributed by atoms with Gasteiger partial charge in [0.2, 0.25) is 5.96 Å². The van der Waals surface area contributed by atoms with Crippen molar-refractivity contribution in [2.24, 2.45) is 9.98 Å². The van der Waals surface area contributed by atoms with Gasteiger partial charge in [-0.25, -0.2) is 4.99 Å². The molecule has 0 saturated carbocycles. The number of hydrogen-bond donors (Lipinski definition) is 1. The molecule has 56 heavy (non-hydrogen) atoms. The Labute approximate surface area is 322 Å². The lowest BCUT2D eigenvalue weighted by molar-refractivity contribution is 1.18. The molecular formula is C51H33N5. The Hall–Kier alpha value is -7.63. The molecule has 0 atom stereocenters. The number of aliphatic imine (C=N–C) groups is 2. The van der Waals surface area contributed by atoms with Crippen LogP contribution in [0.3, 0.4) is 0 Å². The number of nitrogens with one attached hydrogen (secondary N) is 1. The van der Waals surface area contributed by atoms with E-state index in [1.165, 1.54) is 27.1 Å². The number of dihydropyridines is 1. The molecular weight excluding hydrogens is 683 g/mol. The Kier molecular flexibility index (Phi) is 7.25. The molecule has 1 aliphatic heterocycles. The van der Waals surface area contributed by atoms with Gasteiger partial charge in [0.15, 0.2) is 5.84 Å². The van der Waals surface area contributed by atoms with E-state index in [1.807, 2.05) is 22.8 Å². The van der Waals surface area contributed by atoms with Gasteiger partial charge in [0.25, 0.3) is 0 Å². The van der Waals surface area contributed by atoms with E-state index in [-0.39, 0.29) is 5.96 Å². The molecule has 2 aromatic heterocycles. The Morgan fingerprint density at radius 1 is 0.554 bits per heavy atom. The average molecular weight is 716 g/mol. The average Bonchev–Trinajstić information content (AvgIpc) is 3.77. The molecule has 1 aliphatic rings. The van der Waals surface area contributed by atoms with E-state index in [0.29, 0.717) is 5.84 Å². The number of allylic oxidation sites excluding steroid dienone is 1. The van der Waals surface area contributed by atoms with Gasteiger partial charge in [-0.05, 0) is 105 Å². The topological polar surface area (TPSA) is 58.4 Å². The van der Waals surface area contributed by atoms with Gasteiger partial charge in [-0.2, -0.15) is 4.99 Å². The number of hydrogen-bond acceptors (Lipinski definition) is 1. The number of aromatic nitrogens is 2. The largest absolute Gasteiger partial charge is 0.309 e. The predicted molar refractivity (Wildman–Crippen MR) is 237 cm³/mol. The molecule has 1 N–H and O–H groups in total. The molecule has 0 radical (unpaired) electrons. The third kappa shape index (κ3) is 5.06. The van der Waals surface area contributed by atoms with E-state index in [1.54, 1.807) is 6.21 Å². The highest BCUT2D eigenvalue weighted by Crippen LogP contribution is 2.42. The third-order valence-electron chi connectivity index (χ3n) is 11.0. The second-order valence-electron chi connectivity index (χ2n) is 14.2. The smallest absolute Gasteiger partial charge is 0.229 e. The van der Waals surface area contributed by atoms with E-state index in [4.69, 9.17) is 4.99 Å². The Morgan fingerprint density at radius 2 is 1.25 bits per heavy atom. The summed E-state index contributed by atoms with van der Waals surface area (Å²) in [7, 11) is 0. The first kappa shape index (κ1) is 31.9. The SMILES string of the molecule is N=C(/N=C1/N=CC=C/C1=C\c1ccc2ccccc2c1)n1c2ccccc2c2c3ccccc3c(-c3ccc4c(c3)c3ccccc3n4-c3ccccc3)cc21. The maximum absolute atomic E-state index is 9.64. The van der Waals surface area contributed by atoms with Gasteiger partial charge in [-0.3, -0.25) is 9.98 Å². The summed E-state index contributed by atoms with van der Waals surface area (Å²) in [5.74, 6) is 0.600. The first-order valence-electron chi connectivity index (χ1n) is 18.8. The lowest BCUT2D eigenvalue weighted by Gasteiger charge is -2.13. The van der Waals surface area contributed by atoms with Crippen LogP contribution in [0, 0.1) is 5.41 Å². The molecule has 0 fully saturated rings. The van der Waals surface area contributed by atoms with Crippen LogP contribution in [0.4, 0.5) is 0 Å². The van der Waals surface area contributed by atoms with Crippen molar-refractivity contribution < 1.29 is 0 Å². The van der Waals surface area contributed by atoms with Crippen molar-refractivity contribution in [2.75, 3.05) is 0 Å². The maximum atomic E-state index is 9.64. The highest BCUT2D eigenvalue weighted by molar-refractivity contribution is 6.27. The van der Waals surface area contributed by atoms with E-state index >= 15 is 0 Å². The van der Waals surface area contributed by atoms with Gasteiger partial charge in [0.1, 0.15) is 0 Å². The number of rotatable bonds is 3. The molecule has 0 aliphatic carbocycles. The van der Waals surface area contributed by atoms with Gasteiger partial charge in [0, 0.05) is 39.0 Å². The molecule has 0 bridgehead atoms. The molecule has 8 aromatic carbocycles. The summed E-state index contributed by atoms with van der Waals surface area (Å²) in [6.07, 6.45) is 7.76. The zero-order valence-electron chi connectivity index (χ0n) is 30.3. The fourth-order valence-electron chi connectivity index (χ4n) is 8.54. The quantitative estimate of drug-likeness (QED) is 0.140. The lowest BCUT2D eigenvalue weighted by atomic mass is 9.94. The zero-order chi connectivity index (χ0) is 37.2. The molecule has 0 spiro atoms. The second-order valence-corrected chi connectivity index (χ2v) is 14.2. The minimum absolute atomic E-state index is 0.102. The molecule has 10 aromatic rings. The number of para-hydroxylation sites is 3. The molecule has 0 amide bonds. The molecule has 5 heteroatoms. The van der Waals surface area contributed by atoms with Crippen LogP contribution in [0.25, 0.3) is 88.0 Å². The van der Waals surface area contributed by atoms with E-state index in [2.05, 4.69) is 179 Å². The van der Waals surface area contributed by atoms with E-state index < -0.39 is 0 Å². The first-order valence-corrected chi connectivity index (χ1v) is 18.8. The van der Waals surface area contributed by atoms with Crippen molar-refractivity contribution in [1.29, 1.82) is 5.41 Å². The van der Waals surface area contributed by atoms with Crippen molar-refractivity contribution in [1.82, 2.24) is 9.13 Å². The van der Waals surface area contributed by atoms with E-state index in [9.17, 15) is 5.41 Å². The Bertz CT molecular complexity index is 3370. The minimum Gasteiger partial charge on any atom is -0.309 e. The van der Waals surface area contributed by atoms with Crippen LogP contribution in [-0.4, -0.2) is 27.1 Å². The van der Waals surface area contributed by atoms with Crippen molar-refractivity contribution in [3.05, 3.63) is 193 Å². The van der Waals surface area contributed by atoms with Crippen LogP contribution >= 0.6 is 0 Å². The summed E-state index contributed by atoms with van der Waals surface area (Å²) in [6, 6.07) is 60.0. The normalized spacial score (nSPS) is 14.4. The van der Waals surface area contributed by atoms with Crippen LogP contribution in [0.1, 0.15) is 5.56 Å². The van der Waals surface area contributed by atoms with Crippen LogP contribution in [0.2, 0.25) is 0 Å². The molecule has 0 saturated heterocycles. The van der Waals surface area contributed by atoms with Gasteiger partial charge >= 0.3 is 0 Å². The summed E-state index contributed by atoms with van der Waals surface area (Å²) < 4.78 is 4.33. The first-order chi connectivity index (χ1) is 27.7. The second kappa shape index (κ2) is 12.8. The Balaban J connectivity index is 1.11. The van der Waals surface area contributed by atoms with Crippen LogP contribution in [0.15, 0.2) is 198 Å². The highest BCUT2D eigenvalue weighted by Gasteiger charge is 2.21. The monoisotopic (exact) mass is 715 g/mol. The maximum Gasteiger partial charge on any atom is 0.229 e. The number of amidine groups is 1. The highest BCUT2D eigenvalue weighted by atomic mass is 15.2. The van der Waals surface area contributed by atoms with Crippen LogP contribution in [0.5, 0.6) is 0 Å². The number of benzene rings is 8. The van der Waals surface area contributed by atoms with Gasteiger partial charge in [0.05, 0.1) is 22.1 Å². The van der Waals surface area contributed by atoms with Crippen molar-refractivity contribution in [3.8, 4) is 16.8 Å². The molecule has 0 unspecified atom stereocenters. The predicted octanol–water partition coefficient (Wildman–Crippen LogP) is 12.8. The fourth-order valence-corrected chi connectivity index (χ4v) is 8.54. The van der Waals surface area contributed by atoms with Crippen LogP contribution < -0.4 is 0 Å². The van der Waals surface area contributed by atoms with Gasteiger partial charge < -0.3 is 4.57 Å². The summed E-state index contributed by atoms with van der Waals surface area (Å²) in [6.45, 7) is 0. The van der Waals surface area contributed by atoms with Crippen LogP contribution in [-0.2, 0) is 0 Å². The summed E-state index contributed by atoms with van der Waals surface area (Å²) in [5, 5.41) is 18.9. The third-order valence-corrected chi connectivity index (χ3v) is 11.0. The van der Waals surface area contributed by atoms with Crippen molar-refractivity contribution in [2.45, 2.75) is 0 Å². The Morgan fingerprint density at radius 3 is 2.11 bits per heavy atom. The van der Waals surface area contributed by atoms with Gasteiger partial charge in [-0.1, -0.05) is 121 Å². The van der Waals surface area contributed by atoms with Crippen molar-refractivity contribution >= 4 is 89.2 Å². The van der Waals surface area contributed by atoms with Crippen molar-refractivity contribution in [3.63, 3.8) is 0 Å². The minimum atomic E-state index is 0.102. The molecule has 5 nitrogen and oxygen atoms in total. The van der Waals surface area contributed by atoms with Gasteiger partial charge in [-0.15, -0.1) is 0 Å². The lowest BCUT2D eigenvalue weighted by Crippen LogP contribution is -2.12. The summed E-state index contributed by atoms with van der Waals surface area (Å²) in [5.41, 5.74) is 9.44. The fraction of sp³-hybridized carbons (Fsp3) is 0. The standard InChI is InChI=1S/C51H33N5/c52-51(54-50-37(15-12-28-53-50)30-33-24-25-34-13-4-5-14-35(34)29-33)56-46-23-11-9-21-42(46)49-41-20-7-6-18-39(41)43(32-48(49)56)36-26-27-47-44(31-36)40-19-8-10-22-45(40)55(47)38-16-2-1-3-17-38/h1-32,52H/b37-30+,52-51?,54-50+. The molecule has 11 rings (SSSR count). The number of nitrogens with zero attached hydrogens (tertiary/aromatic N) is 4. The molecule has 3 heterocycles. The summed E-state index contributed by atoms with van der Waals surface area (Å²) >= 11 is 0.